The zero-order chi connectivity index (χ0) is 25.3. The van der Waals surface area contributed by atoms with Crippen LogP contribution in [0.2, 0.25) is 25.7 Å². The van der Waals surface area contributed by atoms with Gasteiger partial charge in [0.05, 0.1) is 41.9 Å². The van der Waals surface area contributed by atoms with Crippen molar-refractivity contribution >= 4 is 25.5 Å². The molecule has 0 bridgehead atoms. The summed E-state index contributed by atoms with van der Waals surface area (Å²) in [6, 6.07) is 8.33. The van der Waals surface area contributed by atoms with Crippen LogP contribution in [0.5, 0.6) is 5.88 Å². The lowest BCUT2D eigenvalue weighted by atomic mass is 10.3. The van der Waals surface area contributed by atoms with Crippen molar-refractivity contribution in [2.45, 2.75) is 44.8 Å². The van der Waals surface area contributed by atoms with Gasteiger partial charge in [0.1, 0.15) is 12.0 Å². The minimum atomic E-state index is -1.15. The molecule has 0 N–H and O–H groups in total. The molecule has 1 saturated heterocycles. The number of hydrogen-bond acceptors (Lipinski definition) is 7. The maximum absolute atomic E-state index is 13.5. The van der Waals surface area contributed by atoms with Crippen LogP contribution in [0.25, 0.3) is 5.69 Å². The molecular weight excluding hydrogens is 479 g/mol. The van der Waals surface area contributed by atoms with Gasteiger partial charge in [0.25, 0.3) is 5.91 Å². The highest BCUT2D eigenvalue weighted by Gasteiger charge is 2.32. The molecule has 1 atom stereocenters. The predicted octanol–water partition coefficient (Wildman–Crippen LogP) is 4.06. The SMILES string of the molecule is C[Si](C)(C)CCOCOc1cc(N2Cc3nn(-c4ccc(N5CC[C@H](F)C5)nc4)cc3C2=O)ccn1. The fourth-order valence-corrected chi connectivity index (χ4v) is 4.98. The third-order valence-corrected chi connectivity index (χ3v) is 8.05. The highest BCUT2D eigenvalue weighted by molar-refractivity contribution is 6.76. The first-order valence-corrected chi connectivity index (χ1v) is 15.9. The number of nitrogens with zero attached hydrogens (tertiary/aromatic N) is 6. The predicted molar refractivity (Wildman–Crippen MR) is 137 cm³/mol. The van der Waals surface area contributed by atoms with E-state index in [1.165, 1.54) is 0 Å². The molecule has 9 nitrogen and oxygen atoms in total. The number of halogens is 1. The summed E-state index contributed by atoms with van der Waals surface area (Å²) in [7, 11) is -1.15. The topological polar surface area (TPSA) is 85.6 Å². The second kappa shape index (κ2) is 9.98. The summed E-state index contributed by atoms with van der Waals surface area (Å²) in [5.41, 5.74) is 2.68. The van der Waals surface area contributed by atoms with Crippen molar-refractivity contribution in [3.63, 3.8) is 0 Å². The quantitative estimate of drug-likeness (QED) is 0.244. The second-order valence-corrected chi connectivity index (χ2v) is 16.0. The van der Waals surface area contributed by atoms with Crippen molar-refractivity contribution in [2.24, 2.45) is 0 Å². The standard InChI is InChI=1S/C25H31FN6O3Si/c1-36(2,3)11-10-34-17-35-24-12-19(6-8-27-24)31-16-22-21(25(31)33)15-32(29-22)20-4-5-23(28-13-20)30-9-7-18(26)14-30/h4-6,8,12-13,15,18H,7,9-11,14,16-17H2,1-3H3/t18-/m0/s1. The van der Waals surface area contributed by atoms with E-state index in [0.29, 0.717) is 55.5 Å². The number of rotatable bonds is 9. The molecule has 11 heteroatoms. The number of carbonyl (C=O) groups excluding carboxylic acids is 1. The van der Waals surface area contributed by atoms with Crippen LogP contribution >= 0.6 is 0 Å². The summed E-state index contributed by atoms with van der Waals surface area (Å²) < 4.78 is 26.4. The van der Waals surface area contributed by atoms with Crippen LogP contribution in [0, 0.1) is 0 Å². The Morgan fingerprint density at radius 1 is 1.17 bits per heavy atom. The Bertz CT molecular complexity index is 1230. The Morgan fingerprint density at radius 3 is 2.72 bits per heavy atom. The van der Waals surface area contributed by atoms with Gasteiger partial charge >= 0.3 is 0 Å². The number of fused-ring (bicyclic) bond motifs is 1. The van der Waals surface area contributed by atoms with Crippen molar-refractivity contribution in [3.8, 4) is 11.6 Å². The van der Waals surface area contributed by atoms with Crippen molar-refractivity contribution in [3.05, 3.63) is 54.1 Å². The summed E-state index contributed by atoms with van der Waals surface area (Å²) in [5, 5.41) is 4.62. The minimum Gasteiger partial charge on any atom is -0.450 e. The van der Waals surface area contributed by atoms with Gasteiger partial charge in [-0.2, -0.15) is 5.10 Å². The number of ether oxygens (including phenoxy) is 2. The van der Waals surface area contributed by atoms with Gasteiger partial charge in [-0.1, -0.05) is 19.6 Å². The third kappa shape index (κ3) is 5.41. The molecule has 5 heterocycles. The molecule has 190 valence electrons. The number of pyridine rings is 2. The number of alkyl halides is 1. The average molecular weight is 511 g/mol. The van der Waals surface area contributed by atoms with Crippen LogP contribution in [0.4, 0.5) is 15.9 Å². The molecule has 0 radical (unpaired) electrons. The Hall–Kier alpha value is -3.31. The van der Waals surface area contributed by atoms with E-state index in [1.54, 1.807) is 40.3 Å². The Balaban J connectivity index is 1.21. The summed E-state index contributed by atoms with van der Waals surface area (Å²) in [6.07, 6.45) is 4.78. The van der Waals surface area contributed by atoms with Crippen molar-refractivity contribution in [2.75, 3.05) is 36.3 Å². The fraction of sp³-hybridized carbons (Fsp3) is 0.440. The van der Waals surface area contributed by atoms with Crippen LogP contribution in [0.1, 0.15) is 22.5 Å². The summed E-state index contributed by atoms with van der Waals surface area (Å²) in [6.45, 7) is 9.09. The van der Waals surface area contributed by atoms with E-state index in [2.05, 4.69) is 34.7 Å². The van der Waals surface area contributed by atoms with E-state index in [-0.39, 0.29) is 12.7 Å². The van der Waals surface area contributed by atoms with Crippen molar-refractivity contribution in [1.29, 1.82) is 0 Å². The maximum Gasteiger partial charge on any atom is 0.262 e. The van der Waals surface area contributed by atoms with E-state index < -0.39 is 14.2 Å². The van der Waals surface area contributed by atoms with Crippen LogP contribution in [-0.2, 0) is 11.3 Å². The highest BCUT2D eigenvalue weighted by atomic mass is 28.3. The lowest BCUT2D eigenvalue weighted by molar-refractivity contribution is 0.0193. The Morgan fingerprint density at radius 2 is 2.03 bits per heavy atom. The first kappa shape index (κ1) is 24.4. The summed E-state index contributed by atoms with van der Waals surface area (Å²) >= 11 is 0. The molecule has 2 aliphatic heterocycles. The lowest BCUT2D eigenvalue weighted by Gasteiger charge is -2.18. The zero-order valence-electron chi connectivity index (χ0n) is 20.9. The molecule has 3 aromatic rings. The van der Waals surface area contributed by atoms with Gasteiger partial charge < -0.3 is 19.3 Å². The number of amides is 1. The average Bonchev–Trinajstić information content (AvgIpc) is 3.55. The number of anilines is 2. The summed E-state index contributed by atoms with van der Waals surface area (Å²) in [4.78, 5) is 25.4. The van der Waals surface area contributed by atoms with Crippen LogP contribution in [0.15, 0.2) is 42.9 Å². The van der Waals surface area contributed by atoms with Gasteiger partial charge in [0, 0.05) is 39.7 Å². The van der Waals surface area contributed by atoms with E-state index in [1.807, 2.05) is 17.0 Å². The monoisotopic (exact) mass is 510 g/mol. The molecule has 3 aromatic heterocycles. The first-order chi connectivity index (χ1) is 17.3. The van der Waals surface area contributed by atoms with E-state index in [9.17, 15) is 9.18 Å². The second-order valence-electron chi connectivity index (χ2n) is 10.4. The van der Waals surface area contributed by atoms with Crippen molar-refractivity contribution in [1.82, 2.24) is 19.7 Å². The normalized spacial score (nSPS) is 17.7. The van der Waals surface area contributed by atoms with E-state index in [4.69, 9.17) is 9.47 Å². The summed E-state index contributed by atoms with van der Waals surface area (Å²) in [5.74, 6) is 1.03. The number of carbonyl (C=O) groups is 1. The van der Waals surface area contributed by atoms with E-state index in [0.717, 1.165) is 17.5 Å². The van der Waals surface area contributed by atoms with Gasteiger partial charge in [-0.3, -0.25) is 4.79 Å². The molecule has 0 spiro atoms. The van der Waals surface area contributed by atoms with Crippen LogP contribution in [0.3, 0.4) is 0 Å². The largest absolute Gasteiger partial charge is 0.450 e. The fourth-order valence-electron chi connectivity index (χ4n) is 4.22. The number of hydrogen-bond donors (Lipinski definition) is 0. The Labute approximate surface area is 210 Å². The number of aromatic nitrogens is 4. The van der Waals surface area contributed by atoms with Gasteiger partial charge in [-0.05, 0) is 30.7 Å². The molecular formula is C25H31FN6O3Si. The minimum absolute atomic E-state index is 0.126. The third-order valence-electron chi connectivity index (χ3n) is 6.34. The Kier molecular flexibility index (Phi) is 6.76. The molecule has 1 fully saturated rings. The molecule has 5 rings (SSSR count). The van der Waals surface area contributed by atoms with Crippen molar-refractivity contribution < 1.29 is 18.7 Å². The van der Waals surface area contributed by atoms with Gasteiger partial charge in [0.2, 0.25) is 5.88 Å². The van der Waals surface area contributed by atoms with Crippen LogP contribution < -0.4 is 14.5 Å². The van der Waals surface area contributed by atoms with E-state index >= 15 is 0 Å². The molecule has 2 aliphatic rings. The zero-order valence-corrected chi connectivity index (χ0v) is 21.9. The molecule has 0 saturated carbocycles. The molecule has 0 aliphatic carbocycles. The van der Waals surface area contributed by atoms with Crippen LogP contribution in [-0.4, -0.2) is 66.4 Å². The first-order valence-electron chi connectivity index (χ1n) is 12.2. The van der Waals surface area contributed by atoms with Gasteiger partial charge in [-0.15, -0.1) is 0 Å². The van der Waals surface area contributed by atoms with Gasteiger partial charge in [0.15, 0.2) is 6.79 Å². The molecule has 1 amide bonds. The molecule has 0 aromatic carbocycles. The highest BCUT2D eigenvalue weighted by Crippen LogP contribution is 2.30. The maximum atomic E-state index is 13.5. The lowest BCUT2D eigenvalue weighted by Crippen LogP contribution is -2.24. The molecule has 0 unspecified atom stereocenters. The molecule has 36 heavy (non-hydrogen) atoms. The van der Waals surface area contributed by atoms with Gasteiger partial charge in [-0.25, -0.2) is 19.0 Å². The smallest absolute Gasteiger partial charge is 0.262 e.